The second-order valence-electron chi connectivity index (χ2n) is 11.0. The van der Waals surface area contributed by atoms with Gasteiger partial charge in [0.2, 0.25) is 17.7 Å². The van der Waals surface area contributed by atoms with Crippen LogP contribution in [0.1, 0.15) is 56.0 Å². The molecular formula is C33H40N4O4. The Morgan fingerprint density at radius 2 is 1.37 bits per heavy atom. The second kappa shape index (κ2) is 15.4. The number of benzene rings is 3. The van der Waals surface area contributed by atoms with Gasteiger partial charge in [0.1, 0.15) is 6.04 Å². The van der Waals surface area contributed by atoms with Gasteiger partial charge >= 0.3 is 0 Å². The highest BCUT2D eigenvalue weighted by atomic mass is 16.2. The minimum atomic E-state index is -1.00. The van der Waals surface area contributed by atoms with Crippen molar-refractivity contribution in [2.24, 2.45) is 0 Å². The Morgan fingerprint density at radius 3 is 2.05 bits per heavy atom. The van der Waals surface area contributed by atoms with Crippen LogP contribution in [0.5, 0.6) is 0 Å². The van der Waals surface area contributed by atoms with Crippen LogP contribution < -0.4 is 21.3 Å². The Hall–Kier alpha value is -4.46. The van der Waals surface area contributed by atoms with Crippen molar-refractivity contribution < 1.29 is 19.2 Å². The van der Waals surface area contributed by atoms with Crippen LogP contribution in [0.25, 0.3) is 11.1 Å². The highest BCUT2D eigenvalue weighted by Gasteiger charge is 2.25. The first-order valence-electron chi connectivity index (χ1n) is 14.0. The summed E-state index contributed by atoms with van der Waals surface area (Å²) >= 11 is 0. The van der Waals surface area contributed by atoms with Crippen molar-refractivity contribution >= 4 is 23.6 Å². The smallest absolute Gasteiger partial charge is 0.251 e. The summed E-state index contributed by atoms with van der Waals surface area (Å²) in [4.78, 5) is 50.8. The van der Waals surface area contributed by atoms with Crippen LogP contribution in [-0.4, -0.2) is 48.3 Å². The summed E-state index contributed by atoms with van der Waals surface area (Å²) in [5.74, 6) is -1.27. The van der Waals surface area contributed by atoms with Gasteiger partial charge in [-0.15, -0.1) is 0 Å². The first kappa shape index (κ1) is 31.1. The van der Waals surface area contributed by atoms with Gasteiger partial charge in [-0.25, -0.2) is 0 Å². The molecular weight excluding hydrogens is 516 g/mol. The lowest BCUT2D eigenvalue weighted by atomic mass is 10.0. The third-order valence-corrected chi connectivity index (χ3v) is 6.21. The number of hydrogen-bond acceptors (Lipinski definition) is 4. The van der Waals surface area contributed by atoms with Gasteiger partial charge in [-0.1, -0.05) is 72.8 Å². The van der Waals surface area contributed by atoms with Crippen LogP contribution in [0.3, 0.4) is 0 Å². The molecule has 216 valence electrons. The first-order valence-corrected chi connectivity index (χ1v) is 14.0. The molecule has 0 radical (unpaired) electrons. The number of rotatable bonds is 13. The van der Waals surface area contributed by atoms with Crippen molar-refractivity contribution in [2.75, 3.05) is 13.1 Å². The van der Waals surface area contributed by atoms with Gasteiger partial charge < -0.3 is 21.3 Å². The van der Waals surface area contributed by atoms with E-state index in [0.717, 1.165) is 16.7 Å². The van der Waals surface area contributed by atoms with Gasteiger partial charge in [0.25, 0.3) is 5.91 Å². The molecule has 1 atom stereocenters. The van der Waals surface area contributed by atoms with Gasteiger partial charge in [-0.3, -0.25) is 19.2 Å². The van der Waals surface area contributed by atoms with Crippen LogP contribution in [0.2, 0.25) is 0 Å². The van der Waals surface area contributed by atoms with Crippen LogP contribution in [-0.2, 0) is 20.8 Å². The molecule has 3 aromatic rings. The fourth-order valence-corrected chi connectivity index (χ4v) is 4.23. The van der Waals surface area contributed by atoms with Gasteiger partial charge in [0.15, 0.2) is 0 Å². The lowest BCUT2D eigenvalue weighted by molar-refractivity contribution is -0.132. The molecule has 4 amide bonds. The Morgan fingerprint density at radius 1 is 0.732 bits per heavy atom. The number of hydrogen-bond donors (Lipinski definition) is 4. The molecule has 0 aromatic heterocycles. The highest BCUT2D eigenvalue weighted by molar-refractivity contribution is 5.95. The maximum absolute atomic E-state index is 13.0. The largest absolute Gasteiger partial charge is 0.354 e. The summed E-state index contributed by atoms with van der Waals surface area (Å²) in [6.07, 6.45) is 1.04. The molecule has 0 bridgehead atoms. The van der Waals surface area contributed by atoms with Gasteiger partial charge in [-0.05, 0) is 62.4 Å². The molecule has 1 unspecified atom stereocenters. The van der Waals surface area contributed by atoms with E-state index < -0.39 is 17.5 Å². The molecule has 41 heavy (non-hydrogen) atoms. The van der Waals surface area contributed by atoms with Gasteiger partial charge in [0.05, 0.1) is 6.42 Å². The van der Waals surface area contributed by atoms with Crippen molar-refractivity contribution in [3.8, 4) is 11.1 Å². The van der Waals surface area contributed by atoms with Gasteiger partial charge in [-0.2, -0.15) is 0 Å². The quantitative estimate of drug-likeness (QED) is 0.238. The van der Waals surface area contributed by atoms with Crippen molar-refractivity contribution in [1.29, 1.82) is 0 Å². The molecule has 0 heterocycles. The summed E-state index contributed by atoms with van der Waals surface area (Å²) in [6, 6.07) is 25.8. The Labute approximate surface area is 242 Å². The van der Waals surface area contributed by atoms with E-state index in [4.69, 9.17) is 0 Å². The summed E-state index contributed by atoms with van der Waals surface area (Å²) in [7, 11) is 0. The minimum Gasteiger partial charge on any atom is -0.354 e. The lowest BCUT2D eigenvalue weighted by Gasteiger charge is -2.23. The molecule has 4 N–H and O–H groups in total. The zero-order valence-electron chi connectivity index (χ0n) is 24.0. The molecule has 0 aliphatic rings. The molecule has 0 fully saturated rings. The zero-order valence-corrected chi connectivity index (χ0v) is 24.0. The number of carbonyl (C=O) groups excluding carboxylic acids is 4. The van der Waals surface area contributed by atoms with E-state index in [9.17, 15) is 19.2 Å². The fraction of sp³-hybridized carbons (Fsp3) is 0.333. The van der Waals surface area contributed by atoms with Crippen LogP contribution >= 0.6 is 0 Å². The fourth-order valence-electron chi connectivity index (χ4n) is 4.23. The normalized spacial score (nSPS) is 11.7. The molecule has 8 heteroatoms. The molecule has 0 saturated heterocycles. The monoisotopic (exact) mass is 556 g/mol. The van der Waals surface area contributed by atoms with Crippen molar-refractivity contribution in [2.45, 2.75) is 58.0 Å². The number of nitrogens with one attached hydrogen (secondary N) is 4. The van der Waals surface area contributed by atoms with Gasteiger partial charge in [0, 0.05) is 30.6 Å². The standard InChI is InChI=1S/C33H40N4O4/c1-33(2,3)37-30(39)23-28(36-29(38)19-18-24-12-6-4-7-13-24)32(41)35-21-11-20-34-31(40)27-17-10-16-26(22-27)25-14-8-5-9-15-25/h4-10,12-17,22,28H,11,18-21,23H2,1-3H3,(H,34,40)(H,35,41)(H,36,38)(H,37,39). The molecule has 0 aliphatic heterocycles. The van der Waals surface area contributed by atoms with E-state index in [1.807, 2.05) is 99.6 Å². The van der Waals surface area contributed by atoms with E-state index in [1.54, 1.807) is 6.07 Å². The third kappa shape index (κ3) is 11.3. The average molecular weight is 557 g/mol. The van der Waals surface area contributed by atoms with E-state index in [-0.39, 0.29) is 37.1 Å². The lowest BCUT2D eigenvalue weighted by Crippen LogP contribution is -2.51. The van der Waals surface area contributed by atoms with E-state index in [0.29, 0.717) is 24.9 Å². The third-order valence-electron chi connectivity index (χ3n) is 6.21. The number of carbonyl (C=O) groups is 4. The molecule has 0 aliphatic carbocycles. The SMILES string of the molecule is CC(C)(C)NC(=O)CC(NC(=O)CCc1ccccc1)C(=O)NCCCNC(=O)c1cccc(-c2ccccc2)c1. The summed E-state index contributed by atoms with van der Waals surface area (Å²) in [6.45, 7) is 6.19. The van der Waals surface area contributed by atoms with Crippen LogP contribution in [0.4, 0.5) is 0 Å². The summed E-state index contributed by atoms with van der Waals surface area (Å²) in [5.41, 5.74) is 3.09. The van der Waals surface area contributed by atoms with Crippen LogP contribution in [0, 0.1) is 0 Å². The van der Waals surface area contributed by atoms with Crippen molar-refractivity contribution in [3.63, 3.8) is 0 Å². The Balaban J connectivity index is 1.48. The van der Waals surface area contributed by atoms with Crippen molar-refractivity contribution in [1.82, 2.24) is 21.3 Å². The summed E-state index contributed by atoms with van der Waals surface area (Å²) < 4.78 is 0. The predicted octanol–water partition coefficient (Wildman–Crippen LogP) is 4.01. The number of amides is 4. The van der Waals surface area contributed by atoms with E-state index in [2.05, 4.69) is 21.3 Å². The topological polar surface area (TPSA) is 116 Å². The van der Waals surface area contributed by atoms with Crippen molar-refractivity contribution in [3.05, 3.63) is 96.1 Å². The Kier molecular flexibility index (Phi) is 11.6. The first-order chi connectivity index (χ1) is 19.6. The Bertz CT molecular complexity index is 1300. The minimum absolute atomic E-state index is 0.172. The maximum Gasteiger partial charge on any atom is 0.251 e. The van der Waals surface area contributed by atoms with E-state index >= 15 is 0 Å². The zero-order chi connectivity index (χ0) is 29.7. The predicted molar refractivity (Wildman–Crippen MR) is 161 cm³/mol. The molecule has 8 nitrogen and oxygen atoms in total. The molecule has 0 saturated carbocycles. The molecule has 0 spiro atoms. The summed E-state index contributed by atoms with van der Waals surface area (Å²) in [5, 5.41) is 11.2. The molecule has 3 rings (SSSR count). The average Bonchev–Trinajstić information content (AvgIpc) is 2.95. The highest BCUT2D eigenvalue weighted by Crippen LogP contribution is 2.20. The van der Waals surface area contributed by atoms with E-state index in [1.165, 1.54) is 0 Å². The number of aryl methyl sites for hydroxylation is 1. The molecule has 3 aromatic carbocycles. The van der Waals surface area contributed by atoms with Crippen LogP contribution in [0.15, 0.2) is 84.9 Å². The maximum atomic E-state index is 13.0. The second-order valence-corrected chi connectivity index (χ2v) is 11.0.